The normalized spacial score (nSPS) is 9.79. The summed E-state index contributed by atoms with van der Waals surface area (Å²) < 4.78 is 4.89. The van der Waals surface area contributed by atoms with Crippen molar-refractivity contribution in [2.45, 2.75) is 32.6 Å². The largest absolute Gasteiger partial charge is 0.465 e. The van der Waals surface area contributed by atoms with Crippen LogP contribution in [-0.2, 0) is 14.3 Å². The second-order valence-electron chi connectivity index (χ2n) is 2.74. The Morgan fingerprint density at radius 2 is 2.29 bits per heavy atom. The van der Waals surface area contributed by atoms with Crippen LogP contribution in [0.15, 0.2) is 17.3 Å². The van der Waals surface area contributed by atoms with Crippen molar-refractivity contribution in [1.29, 1.82) is 0 Å². The molecule has 0 aliphatic heterocycles. The molecule has 0 N–H and O–H groups in total. The number of ether oxygens (including phenoxy) is 1. The molecule has 0 aromatic carbocycles. The van der Waals surface area contributed by atoms with E-state index in [-0.39, 0.29) is 12.4 Å². The maximum absolute atomic E-state index is 11.0. The number of esters is 1. The van der Waals surface area contributed by atoms with Crippen molar-refractivity contribution in [3.8, 4) is 0 Å². The molecule has 0 spiro atoms. The summed E-state index contributed by atoms with van der Waals surface area (Å²) >= 11 is 0. The van der Waals surface area contributed by atoms with Crippen LogP contribution in [0.5, 0.6) is 0 Å². The van der Waals surface area contributed by atoms with Gasteiger partial charge in [-0.15, -0.1) is 0 Å². The van der Waals surface area contributed by atoms with Gasteiger partial charge in [-0.05, 0) is 6.42 Å². The fourth-order valence-corrected chi connectivity index (χ4v) is 0.829. The molecule has 4 nitrogen and oxygen atoms in total. The van der Waals surface area contributed by atoms with Crippen molar-refractivity contribution in [2.75, 3.05) is 6.61 Å². The van der Waals surface area contributed by atoms with Gasteiger partial charge in [-0.25, -0.2) is 4.79 Å². The molecule has 0 saturated carbocycles. The number of rotatable bonds is 7. The maximum atomic E-state index is 11.0. The van der Waals surface area contributed by atoms with E-state index in [0.717, 1.165) is 19.3 Å². The predicted octanol–water partition coefficient (Wildman–Crippen LogP) is 1.96. The van der Waals surface area contributed by atoms with Crippen molar-refractivity contribution in [2.24, 2.45) is 4.99 Å². The van der Waals surface area contributed by atoms with Gasteiger partial charge in [-0.1, -0.05) is 25.8 Å². The Hall–Kier alpha value is -1.41. The van der Waals surface area contributed by atoms with E-state index in [1.807, 2.05) is 0 Å². The first-order valence-electron chi connectivity index (χ1n) is 4.69. The second-order valence-corrected chi connectivity index (χ2v) is 2.74. The third kappa shape index (κ3) is 8.68. The van der Waals surface area contributed by atoms with Gasteiger partial charge < -0.3 is 4.74 Å². The summed E-state index contributed by atoms with van der Waals surface area (Å²) in [5.74, 6) is -0.293. The van der Waals surface area contributed by atoms with Crippen molar-refractivity contribution in [1.82, 2.24) is 0 Å². The number of aliphatic imine (C=N–C) groups is 1. The molecule has 0 radical (unpaired) electrons. The van der Waals surface area contributed by atoms with Gasteiger partial charge in [0.2, 0.25) is 6.08 Å². The summed E-state index contributed by atoms with van der Waals surface area (Å²) in [6, 6.07) is 0. The summed E-state index contributed by atoms with van der Waals surface area (Å²) in [5.41, 5.74) is 0. The van der Waals surface area contributed by atoms with Gasteiger partial charge in [0, 0.05) is 6.20 Å². The molecule has 0 bridgehead atoms. The number of carbonyl (C=O) groups is 1. The van der Waals surface area contributed by atoms with Gasteiger partial charge in [0.05, 0.1) is 13.0 Å². The highest BCUT2D eigenvalue weighted by Gasteiger charge is 1.97. The highest BCUT2D eigenvalue weighted by atomic mass is 16.5. The highest BCUT2D eigenvalue weighted by Crippen LogP contribution is 1.96. The van der Waals surface area contributed by atoms with Gasteiger partial charge in [0.15, 0.2) is 0 Å². The smallest absolute Gasteiger partial charge is 0.309 e. The molecular weight excluding hydrogens is 182 g/mol. The number of isocyanates is 1. The Morgan fingerprint density at radius 1 is 1.50 bits per heavy atom. The summed E-state index contributed by atoms with van der Waals surface area (Å²) in [6.07, 6.45) is 7.26. The van der Waals surface area contributed by atoms with Crippen LogP contribution < -0.4 is 0 Å². The minimum atomic E-state index is -0.293. The minimum Gasteiger partial charge on any atom is -0.465 e. The van der Waals surface area contributed by atoms with E-state index in [2.05, 4.69) is 11.9 Å². The molecule has 0 aromatic rings. The van der Waals surface area contributed by atoms with Crippen molar-refractivity contribution < 1.29 is 14.3 Å². The Bertz CT molecular complexity index is 230. The van der Waals surface area contributed by atoms with Gasteiger partial charge in [0.1, 0.15) is 0 Å². The van der Waals surface area contributed by atoms with Crippen molar-refractivity contribution in [3.63, 3.8) is 0 Å². The molecule has 0 atom stereocenters. The summed E-state index contributed by atoms with van der Waals surface area (Å²) in [6.45, 7) is 2.56. The minimum absolute atomic E-state index is 0.150. The van der Waals surface area contributed by atoms with Gasteiger partial charge in [0.25, 0.3) is 0 Å². The molecule has 0 aliphatic carbocycles. The van der Waals surface area contributed by atoms with Crippen molar-refractivity contribution in [3.05, 3.63) is 12.3 Å². The average Bonchev–Trinajstić information content (AvgIpc) is 2.19. The Labute approximate surface area is 83.7 Å². The topological polar surface area (TPSA) is 55.7 Å². The zero-order chi connectivity index (χ0) is 10.6. The predicted molar refractivity (Wildman–Crippen MR) is 52.4 cm³/mol. The lowest BCUT2D eigenvalue weighted by Gasteiger charge is -2.01. The van der Waals surface area contributed by atoms with Crippen LogP contribution in [0.2, 0.25) is 0 Å². The molecule has 0 heterocycles. The van der Waals surface area contributed by atoms with Crippen LogP contribution in [0.1, 0.15) is 32.6 Å². The molecule has 0 amide bonds. The molecular formula is C10H15NO3. The van der Waals surface area contributed by atoms with Gasteiger partial charge in [-0.3, -0.25) is 4.79 Å². The quantitative estimate of drug-likeness (QED) is 0.271. The number of nitrogens with zero attached hydrogens (tertiary/aromatic N) is 1. The van der Waals surface area contributed by atoms with Crippen LogP contribution in [0.25, 0.3) is 0 Å². The lowest BCUT2D eigenvalue weighted by atomic mass is 10.3. The summed E-state index contributed by atoms with van der Waals surface area (Å²) in [5, 5.41) is 0. The first kappa shape index (κ1) is 12.6. The van der Waals surface area contributed by atoms with E-state index in [4.69, 9.17) is 4.74 Å². The summed E-state index contributed by atoms with van der Waals surface area (Å²) in [4.78, 5) is 23.7. The van der Waals surface area contributed by atoms with E-state index in [1.54, 1.807) is 0 Å². The number of unbranched alkanes of at least 4 members (excludes halogenated alkanes) is 2. The number of hydrogen-bond donors (Lipinski definition) is 0. The first-order chi connectivity index (χ1) is 6.81. The fraction of sp³-hybridized carbons (Fsp3) is 0.600. The van der Waals surface area contributed by atoms with Crippen LogP contribution in [0.4, 0.5) is 0 Å². The van der Waals surface area contributed by atoms with E-state index in [9.17, 15) is 9.59 Å². The lowest BCUT2D eigenvalue weighted by molar-refractivity contribution is -0.142. The molecule has 78 valence electrons. The van der Waals surface area contributed by atoms with Gasteiger partial charge >= 0.3 is 5.97 Å². The molecule has 4 heteroatoms. The Morgan fingerprint density at radius 3 is 2.93 bits per heavy atom. The lowest BCUT2D eigenvalue weighted by Crippen LogP contribution is -2.04. The SMILES string of the molecule is CCCCCOC(=O)CC=CN=C=O. The molecule has 0 aromatic heterocycles. The molecule has 0 rings (SSSR count). The molecule has 0 unspecified atom stereocenters. The van der Waals surface area contributed by atoms with E-state index in [0.29, 0.717) is 6.61 Å². The second kappa shape index (κ2) is 9.68. The number of hydrogen-bond acceptors (Lipinski definition) is 4. The fourth-order valence-electron chi connectivity index (χ4n) is 0.829. The first-order valence-corrected chi connectivity index (χ1v) is 4.69. The number of carbonyl (C=O) groups excluding carboxylic acids is 2. The van der Waals surface area contributed by atoms with E-state index < -0.39 is 0 Å². The molecule has 0 saturated heterocycles. The van der Waals surface area contributed by atoms with Crippen molar-refractivity contribution >= 4 is 12.0 Å². The zero-order valence-electron chi connectivity index (χ0n) is 8.36. The zero-order valence-corrected chi connectivity index (χ0v) is 8.36. The Kier molecular flexibility index (Phi) is 8.70. The van der Waals surface area contributed by atoms with Crippen LogP contribution in [0.3, 0.4) is 0 Å². The standard InChI is InChI=1S/C10H15NO3/c1-2-3-4-8-14-10(13)6-5-7-11-9-12/h5,7H,2-4,6,8H2,1H3. The highest BCUT2D eigenvalue weighted by molar-refractivity contribution is 5.71. The third-order valence-electron chi connectivity index (χ3n) is 1.53. The van der Waals surface area contributed by atoms with E-state index >= 15 is 0 Å². The third-order valence-corrected chi connectivity index (χ3v) is 1.53. The van der Waals surface area contributed by atoms with Crippen LogP contribution in [0, 0.1) is 0 Å². The average molecular weight is 197 g/mol. The Balaban J connectivity index is 3.41. The molecule has 0 fully saturated rings. The van der Waals surface area contributed by atoms with Crippen LogP contribution >= 0.6 is 0 Å². The molecule has 0 aliphatic rings. The maximum Gasteiger partial charge on any atom is 0.309 e. The summed E-state index contributed by atoms with van der Waals surface area (Å²) in [7, 11) is 0. The van der Waals surface area contributed by atoms with Crippen LogP contribution in [-0.4, -0.2) is 18.7 Å². The molecule has 14 heavy (non-hydrogen) atoms. The van der Waals surface area contributed by atoms with E-state index in [1.165, 1.54) is 18.4 Å². The monoisotopic (exact) mass is 197 g/mol. The van der Waals surface area contributed by atoms with Gasteiger partial charge in [-0.2, -0.15) is 4.99 Å².